The number of hydrogen-bond donors (Lipinski definition) is 1. The van der Waals surface area contributed by atoms with Gasteiger partial charge in [0.25, 0.3) is 0 Å². The highest BCUT2D eigenvalue weighted by molar-refractivity contribution is 5.92. The van der Waals surface area contributed by atoms with Gasteiger partial charge in [0, 0.05) is 11.8 Å². The number of carbonyl (C=O) groups excluding carboxylic acids is 1. The predicted molar refractivity (Wildman–Crippen MR) is 60.0 cm³/mol. The first kappa shape index (κ1) is 11.3. The van der Waals surface area contributed by atoms with Gasteiger partial charge >= 0.3 is 0 Å². The van der Waals surface area contributed by atoms with Gasteiger partial charge in [0.15, 0.2) is 0 Å². The van der Waals surface area contributed by atoms with Crippen molar-refractivity contribution in [2.75, 3.05) is 5.32 Å². The number of carbonyl (C=O) groups is 1. The van der Waals surface area contributed by atoms with Crippen LogP contribution in [-0.4, -0.2) is 11.1 Å². The summed E-state index contributed by atoms with van der Waals surface area (Å²) in [6.45, 7) is 1.80. The molecule has 1 heterocycles. The topological polar surface area (TPSA) is 55.1 Å². The molecule has 17 heavy (non-hydrogen) atoms. The van der Waals surface area contributed by atoms with E-state index in [9.17, 15) is 9.18 Å². The molecule has 0 fully saturated rings. The first-order valence-electron chi connectivity index (χ1n) is 5.10. The predicted octanol–water partition coefficient (Wildman–Crippen LogP) is 2.30. The van der Waals surface area contributed by atoms with Gasteiger partial charge < -0.3 is 9.84 Å². The van der Waals surface area contributed by atoms with Crippen molar-refractivity contribution >= 4 is 11.6 Å². The summed E-state index contributed by atoms with van der Waals surface area (Å²) >= 11 is 0. The Kier molecular flexibility index (Phi) is 3.18. The van der Waals surface area contributed by atoms with E-state index in [0.717, 1.165) is 5.56 Å². The highest BCUT2D eigenvalue weighted by atomic mass is 19.1. The zero-order chi connectivity index (χ0) is 12.3. The molecule has 1 aromatic carbocycles. The molecule has 1 amide bonds. The van der Waals surface area contributed by atoms with Crippen LogP contribution < -0.4 is 5.32 Å². The Morgan fingerprint density at radius 1 is 1.47 bits per heavy atom. The van der Waals surface area contributed by atoms with E-state index in [-0.39, 0.29) is 18.1 Å². The monoisotopic (exact) mass is 234 g/mol. The molecule has 0 unspecified atom stereocenters. The average molecular weight is 234 g/mol. The summed E-state index contributed by atoms with van der Waals surface area (Å²) in [6, 6.07) is 5.86. The summed E-state index contributed by atoms with van der Waals surface area (Å²) in [5.74, 6) is -0.639. The minimum atomic E-state index is -0.382. The quantitative estimate of drug-likeness (QED) is 0.886. The molecule has 2 rings (SSSR count). The van der Waals surface area contributed by atoms with Gasteiger partial charge in [-0.15, -0.1) is 0 Å². The Morgan fingerprint density at radius 2 is 2.29 bits per heavy atom. The molecule has 0 saturated heterocycles. The molecule has 0 aliphatic carbocycles. The Labute approximate surface area is 97.4 Å². The smallest absolute Gasteiger partial charge is 0.230 e. The number of nitrogens with zero attached hydrogens (tertiary/aromatic N) is 1. The lowest BCUT2D eigenvalue weighted by atomic mass is 10.2. The second-order valence-electron chi connectivity index (χ2n) is 3.67. The molecule has 2 aromatic rings. The largest absolute Gasteiger partial charge is 0.364 e. The van der Waals surface area contributed by atoms with E-state index in [1.807, 2.05) is 0 Å². The normalized spacial score (nSPS) is 10.2. The van der Waals surface area contributed by atoms with Crippen molar-refractivity contribution in [3.05, 3.63) is 47.6 Å². The van der Waals surface area contributed by atoms with Crippen LogP contribution in [0.25, 0.3) is 0 Å². The fourth-order valence-corrected chi connectivity index (χ4v) is 1.42. The van der Waals surface area contributed by atoms with E-state index in [1.54, 1.807) is 19.1 Å². The maximum atomic E-state index is 13.0. The number of anilines is 1. The highest BCUT2D eigenvalue weighted by Gasteiger charge is 2.08. The van der Waals surface area contributed by atoms with Gasteiger partial charge in [0.1, 0.15) is 12.1 Å². The minimum Gasteiger partial charge on any atom is -0.364 e. The number of aryl methyl sites for hydroxylation is 1. The Bertz CT molecular complexity index is 523. The number of nitrogens with one attached hydrogen (secondary N) is 1. The lowest BCUT2D eigenvalue weighted by Gasteiger charge is -2.07. The molecule has 0 aliphatic rings. The molecule has 0 radical (unpaired) electrons. The lowest BCUT2D eigenvalue weighted by molar-refractivity contribution is -0.115. The summed E-state index contributed by atoms with van der Waals surface area (Å²) in [4.78, 5) is 11.6. The molecule has 4 nitrogen and oxygen atoms in total. The maximum absolute atomic E-state index is 13.0. The van der Waals surface area contributed by atoms with Crippen molar-refractivity contribution < 1.29 is 13.7 Å². The summed E-state index contributed by atoms with van der Waals surface area (Å²) in [5.41, 5.74) is 1.81. The van der Waals surface area contributed by atoms with Crippen molar-refractivity contribution in [1.29, 1.82) is 0 Å². The van der Waals surface area contributed by atoms with Crippen molar-refractivity contribution in [2.45, 2.75) is 13.3 Å². The molecule has 1 aromatic heterocycles. The SMILES string of the molecule is Cc1ccc(F)cc1NC(=O)Cc1ccon1. The standard InChI is InChI=1S/C12H11FN2O2/c1-8-2-3-9(13)6-11(8)14-12(16)7-10-4-5-17-15-10/h2-6H,7H2,1H3,(H,14,16). The molecule has 5 heteroatoms. The van der Waals surface area contributed by atoms with E-state index >= 15 is 0 Å². The van der Waals surface area contributed by atoms with Crippen LogP contribution in [0, 0.1) is 12.7 Å². The first-order chi connectivity index (χ1) is 8.15. The van der Waals surface area contributed by atoms with Crippen molar-refractivity contribution in [2.24, 2.45) is 0 Å². The molecule has 1 N–H and O–H groups in total. The van der Waals surface area contributed by atoms with Crippen LogP contribution in [0.3, 0.4) is 0 Å². The van der Waals surface area contributed by atoms with Gasteiger partial charge in [-0.3, -0.25) is 4.79 Å². The summed E-state index contributed by atoms with van der Waals surface area (Å²) in [6.07, 6.45) is 1.50. The van der Waals surface area contributed by atoms with E-state index in [2.05, 4.69) is 15.0 Å². The van der Waals surface area contributed by atoms with Crippen molar-refractivity contribution in [3.63, 3.8) is 0 Å². The second-order valence-corrected chi connectivity index (χ2v) is 3.67. The van der Waals surface area contributed by atoms with E-state index < -0.39 is 0 Å². The number of hydrogen-bond acceptors (Lipinski definition) is 3. The molecular weight excluding hydrogens is 223 g/mol. The molecule has 0 aliphatic heterocycles. The van der Waals surface area contributed by atoms with E-state index in [0.29, 0.717) is 11.4 Å². The third-order valence-corrected chi connectivity index (χ3v) is 2.31. The maximum Gasteiger partial charge on any atom is 0.230 e. The van der Waals surface area contributed by atoms with Crippen molar-refractivity contribution in [1.82, 2.24) is 5.16 Å². The molecule has 0 bridgehead atoms. The summed E-state index contributed by atoms with van der Waals surface area (Å²) < 4.78 is 17.6. The molecule has 0 saturated carbocycles. The number of rotatable bonds is 3. The van der Waals surface area contributed by atoms with E-state index in [4.69, 9.17) is 0 Å². The van der Waals surface area contributed by atoms with Gasteiger partial charge in [-0.1, -0.05) is 11.2 Å². The third-order valence-electron chi connectivity index (χ3n) is 2.31. The zero-order valence-corrected chi connectivity index (χ0v) is 9.24. The van der Waals surface area contributed by atoms with Crippen LogP contribution in [0.5, 0.6) is 0 Å². The minimum absolute atomic E-state index is 0.104. The fraction of sp³-hybridized carbons (Fsp3) is 0.167. The van der Waals surface area contributed by atoms with Gasteiger partial charge in [-0.25, -0.2) is 4.39 Å². The molecule has 88 valence electrons. The van der Waals surface area contributed by atoms with Crippen LogP contribution in [-0.2, 0) is 11.2 Å². The zero-order valence-electron chi connectivity index (χ0n) is 9.24. The highest BCUT2D eigenvalue weighted by Crippen LogP contribution is 2.16. The third kappa shape index (κ3) is 2.90. The number of aromatic nitrogens is 1. The average Bonchev–Trinajstić information content (AvgIpc) is 2.76. The number of benzene rings is 1. The van der Waals surface area contributed by atoms with Crippen LogP contribution in [0.15, 0.2) is 35.1 Å². The molecule has 0 spiro atoms. The van der Waals surface area contributed by atoms with Crippen LogP contribution >= 0.6 is 0 Å². The molecular formula is C12H11FN2O2. The van der Waals surface area contributed by atoms with Crippen molar-refractivity contribution in [3.8, 4) is 0 Å². The Hall–Kier alpha value is -2.17. The molecule has 0 atom stereocenters. The van der Waals surface area contributed by atoms with Crippen LogP contribution in [0.1, 0.15) is 11.3 Å². The Morgan fingerprint density at radius 3 is 3.00 bits per heavy atom. The first-order valence-corrected chi connectivity index (χ1v) is 5.10. The van der Waals surface area contributed by atoms with Gasteiger partial charge in [-0.2, -0.15) is 0 Å². The van der Waals surface area contributed by atoms with Crippen LogP contribution in [0.2, 0.25) is 0 Å². The van der Waals surface area contributed by atoms with Gasteiger partial charge in [0.2, 0.25) is 5.91 Å². The number of amides is 1. The van der Waals surface area contributed by atoms with E-state index in [1.165, 1.54) is 18.4 Å². The van der Waals surface area contributed by atoms with Gasteiger partial charge in [-0.05, 0) is 24.6 Å². The Balaban J connectivity index is 2.05. The lowest BCUT2D eigenvalue weighted by Crippen LogP contribution is -2.15. The van der Waals surface area contributed by atoms with Gasteiger partial charge in [0.05, 0.1) is 12.1 Å². The summed E-state index contributed by atoms with van der Waals surface area (Å²) in [5, 5.41) is 6.26. The second kappa shape index (κ2) is 4.78. The number of halogens is 1. The van der Waals surface area contributed by atoms with Crippen LogP contribution in [0.4, 0.5) is 10.1 Å². The fourth-order valence-electron chi connectivity index (χ4n) is 1.42. The summed E-state index contributed by atoms with van der Waals surface area (Å²) in [7, 11) is 0.